The van der Waals surface area contributed by atoms with Crippen LogP contribution >= 0.6 is 24.2 Å². The average Bonchev–Trinajstić information content (AvgIpc) is 2.63. The zero-order valence-electron chi connectivity index (χ0n) is 10.8. The van der Waals surface area contributed by atoms with Crippen molar-refractivity contribution in [3.63, 3.8) is 0 Å². The Labute approximate surface area is 127 Å². The first kappa shape index (κ1) is 16.5. The van der Waals surface area contributed by atoms with Crippen LogP contribution in [-0.2, 0) is 0 Å². The fraction of sp³-hybridized carbons (Fsp3) is 0.308. The number of benzene rings is 1. The third-order valence-corrected chi connectivity index (χ3v) is 3.72. The quantitative estimate of drug-likeness (QED) is 0.377. The van der Waals surface area contributed by atoms with E-state index in [1.165, 1.54) is 16.7 Å². The maximum Gasteiger partial charge on any atom is 0.261 e. The molecule has 20 heavy (non-hydrogen) atoms. The maximum atomic E-state index is 12.0. The molecule has 1 aromatic rings. The number of nitrogens with one attached hydrogen (secondary N) is 1. The van der Waals surface area contributed by atoms with E-state index in [0.29, 0.717) is 17.7 Å². The second-order valence-electron chi connectivity index (χ2n) is 4.23. The number of rotatable bonds is 5. The van der Waals surface area contributed by atoms with Crippen LogP contribution in [0.2, 0.25) is 0 Å². The summed E-state index contributed by atoms with van der Waals surface area (Å²) in [6, 6.07) is 6.89. The van der Waals surface area contributed by atoms with Gasteiger partial charge in [-0.15, -0.1) is 12.4 Å². The van der Waals surface area contributed by atoms with Gasteiger partial charge in [-0.25, -0.2) is 0 Å². The van der Waals surface area contributed by atoms with Crippen molar-refractivity contribution >= 4 is 41.2 Å². The van der Waals surface area contributed by atoms with E-state index in [2.05, 4.69) is 0 Å². The van der Waals surface area contributed by atoms with Gasteiger partial charge in [-0.3, -0.25) is 19.9 Å². The lowest BCUT2D eigenvalue weighted by Crippen LogP contribution is -2.30. The third-order valence-electron chi connectivity index (χ3n) is 2.91. The van der Waals surface area contributed by atoms with Crippen molar-refractivity contribution in [1.29, 1.82) is 5.41 Å². The van der Waals surface area contributed by atoms with E-state index in [1.54, 1.807) is 24.3 Å². The molecule has 1 heterocycles. The highest BCUT2D eigenvalue weighted by atomic mass is 35.5. The lowest BCUT2D eigenvalue weighted by Gasteiger charge is -2.13. The highest BCUT2D eigenvalue weighted by Gasteiger charge is 2.34. The highest BCUT2D eigenvalue weighted by Crippen LogP contribution is 2.22. The van der Waals surface area contributed by atoms with Crippen LogP contribution in [0.25, 0.3) is 0 Å². The minimum absolute atomic E-state index is 0. The van der Waals surface area contributed by atoms with Gasteiger partial charge in [0.25, 0.3) is 11.8 Å². The minimum Gasteiger partial charge on any atom is -0.379 e. The van der Waals surface area contributed by atoms with E-state index < -0.39 is 0 Å². The summed E-state index contributed by atoms with van der Waals surface area (Å²) < 4.78 is 0. The molecule has 2 rings (SSSR count). The number of fused-ring (bicyclic) bond motifs is 1. The molecule has 1 aliphatic rings. The molecule has 3 N–H and O–H groups in total. The highest BCUT2D eigenvalue weighted by molar-refractivity contribution is 8.13. The normalized spacial score (nSPS) is 13.1. The van der Waals surface area contributed by atoms with Crippen molar-refractivity contribution in [1.82, 2.24) is 4.90 Å². The van der Waals surface area contributed by atoms with E-state index in [4.69, 9.17) is 11.1 Å². The van der Waals surface area contributed by atoms with Crippen molar-refractivity contribution in [2.24, 2.45) is 5.73 Å². The van der Waals surface area contributed by atoms with Gasteiger partial charge in [-0.1, -0.05) is 23.9 Å². The predicted molar refractivity (Wildman–Crippen MR) is 82.7 cm³/mol. The molecule has 0 spiro atoms. The molecular formula is C13H16ClN3O2S. The van der Waals surface area contributed by atoms with Gasteiger partial charge >= 0.3 is 0 Å². The van der Waals surface area contributed by atoms with Crippen LogP contribution in [0.4, 0.5) is 0 Å². The van der Waals surface area contributed by atoms with Crippen molar-refractivity contribution in [3.8, 4) is 0 Å². The summed E-state index contributed by atoms with van der Waals surface area (Å²) in [5.74, 6) is 0.318. The summed E-state index contributed by atoms with van der Waals surface area (Å²) in [4.78, 5) is 25.3. The minimum atomic E-state index is -0.208. The molecule has 1 aliphatic heterocycles. The number of amides is 2. The molecule has 5 nitrogen and oxygen atoms in total. The number of carbonyl (C=O) groups is 2. The molecule has 0 radical (unpaired) electrons. The smallest absolute Gasteiger partial charge is 0.261 e. The van der Waals surface area contributed by atoms with Gasteiger partial charge in [0.2, 0.25) is 0 Å². The molecule has 0 saturated heterocycles. The zero-order valence-corrected chi connectivity index (χ0v) is 12.4. The standard InChI is InChI=1S/C13H15N3O2S.ClH/c14-13(15)19-8-4-3-7-16-11(17)9-5-1-2-6-10(9)12(16)18;/h1-2,5-6H,3-4,7-8H2,(H3,14,15);1H. The molecule has 108 valence electrons. The number of thioether (sulfide) groups is 1. The number of amidine groups is 1. The number of halogens is 1. The van der Waals surface area contributed by atoms with Crippen LogP contribution in [-0.4, -0.2) is 34.2 Å². The molecule has 7 heteroatoms. The summed E-state index contributed by atoms with van der Waals surface area (Å²) in [5.41, 5.74) is 6.21. The Hall–Kier alpha value is -1.53. The number of nitrogens with zero attached hydrogens (tertiary/aromatic N) is 1. The van der Waals surface area contributed by atoms with Crippen LogP contribution in [0.15, 0.2) is 24.3 Å². The van der Waals surface area contributed by atoms with Gasteiger partial charge in [0, 0.05) is 12.3 Å². The van der Waals surface area contributed by atoms with E-state index in [9.17, 15) is 9.59 Å². The maximum absolute atomic E-state index is 12.0. The second-order valence-corrected chi connectivity index (χ2v) is 5.36. The average molecular weight is 314 g/mol. The van der Waals surface area contributed by atoms with Crippen LogP contribution < -0.4 is 5.73 Å². The summed E-state index contributed by atoms with van der Waals surface area (Å²) in [6.07, 6.45) is 1.55. The summed E-state index contributed by atoms with van der Waals surface area (Å²) in [7, 11) is 0. The summed E-state index contributed by atoms with van der Waals surface area (Å²) in [5, 5.41) is 7.17. The van der Waals surface area contributed by atoms with Gasteiger partial charge in [0.1, 0.15) is 0 Å². The molecule has 2 amide bonds. The summed E-state index contributed by atoms with van der Waals surface area (Å²) >= 11 is 1.28. The number of hydrogen-bond acceptors (Lipinski definition) is 4. The molecule has 0 aromatic heterocycles. The van der Waals surface area contributed by atoms with Crippen LogP contribution in [0.1, 0.15) is 33.6 Å². The molecule has 0 fully saturated rings. The van der Waals surface area contributed by atoms with Crippen LogP contribution in [0.5, 0.6) is 0 Å². The van der Waals surface area contributed by atoms with Crippen LogP contribution in [0.3, 0.4) is 0 Å². The van der Waals surface area contributed by atoms with Gasteiger partial charge in [0.15, 0.2) is 5.17 Å². The Bertz CT molecular complexity index is 501. The van der Waals surface area contributed by atoms with Gasteiger partial charge in [0.05, 0.1) is 11.1 Å². The van der Waals surface area contributed by atoms with E-state index in [-0.39, 0.29) is 29.4 Å². The van der Waals surface area contributed by atoms with E-state index in [1.807, 2.05) is 0 Å². The molecule has 0 bridgehead atoms. The van der Waals surface area contributed by atoms with Gasteiger partial charge < -0.3 is 5.73 Å². The lowest BCUT2D eigenvalue weighted by molar-refractivity contribution is 0.0652. The van der Waals surface area contributed by atoms with E-state index in [0.717, 1.165) is 18.6 Å². The number of imide groups is 1. The number of carbonyl (C=O) groups excluding carboxylic acids is 2. The fourth-order valence-electron chi connectivity index (χ4n) is 2.00. The van der Waals surface area contributed by atoms with Crippen molar-refractivity contribution < 1.29 is 9.59 Å². The largest absolute Gasteiger partial charge is 0.379 e. The number of unbranched alkanes of at least 4 members (excludes halogenated alkanes) is 1. The van der Waals surface area contributed by atoms with Gasteiger partial charge in [-0.2, -0.15) is 0 Å². The fourth-order valence-corrected chi connectivity index (χ4v) is 2.56. The summed E-state index contributed by atoms with van der Waals surface area (Å²) in [6.45, 7) is 0.421. The lowest BCUT2D eigenvalue weighted by atomic mass is 10.1. The van der Waals surface area contributed by atoms with Crippen LogP contribution in [0, 0.1) is 5.41 Å². The van der Waals surface area contributed by atoms with E-state index >= 15 is 0 Å². The first-order chi connectivity index (χ1) is 9.11. The topological polar surface area (TPSA) is 87.2 Å². The Morgan fingerprint density at radius 1 is 1.15 bits per heavy atom. The second kappa shape index (κ2) is 7.31. The number of hydrogen-bond donors (Lipinski definition) is 2. The van der Waals surface area contributed by atoms with Gasteiger partial charge in [-0.05, 0) is 25.0 Å². The monoisotopic (exact) mass is 313 g/mol. The molecule has 1 aromatic carbocycles. The molecule has 0 unspecified atom stereocenters. The first-order valence-electron chi connectivity index (χ1n) is 6.03. The predicted octanol–water partition coefficient (Wildman–Crippen LogP) is 2.11. The molecular weight excluding hydrogens is 298 g/mol. The molecule has 0 atom stereocenters. The van der Waals surface area contributed by atoms with Crippen molar-refractivity contribution in [2.75, 3.05) is 12.3 Å². The Morgan fingerprint density at radius 3 is 2.20 bits per heavy atom. The number of nitrogens with two attached hydrogens (primary N) is 1. The van der Waals surface area contributed by atoms with Crippen molar-refractivity contribution in [3.05, 3.63) is 35.4 Å². The zero-order chi connectivity index (χ0) is 13.8. The molecule has 0 saturated carbocycles. The SMILES string of the molecule is Cl.N=C(N)SCCCCN1C(=O)c2ccccc2C1=O. The third kappa shape index (κ3) is 3.52. The Balaban J connectivity index is 0.00000200. The Morgan fingerprint density at radius 2 is 1.70 bits per heavy atom. The molecule has 0 aliphatic carbocycles. The first-order valence-corrected chi connectivity index (χ1v) is 7.02. The van der Waals surface area contributed by atoms with Crippen molar-refractivity contribution in [2.45, 2.75) is 12.8 Å². The Kier molecular flexibility index (Phi) is 6.04.